The quantitative estimate of drug-likeness (QED) is 0.751. The third kappa shape index (κ3) is 1.54. The van der Waals surface area contributed by atoms with Crippen LogP contribution in [0, 0.1) is 0 Å². The molecule has 2 heterocycles. The molecule has 2 rings (SSSR count). The van der Waals surface area contributed by atoms with E-state index < -0.39 is 0 Å². The van der Waals surface area contributed by atoms with E-state index in [2.05, 4.69) is 10.3 Å². The highest BCUT2D eigenvalue weighted by atomic mass is 15.0. The largest absolute Gasteiger partial charge is 0.388 e. The minimum atomic E-state index is 0.928. The van der Waals surface area contributed by atoms with Crippen molar-refractivity contribution in [3.05, 3.63) is 42.9 Å². The lowest BCUT2D eigenvalue weighted by Crippen LogP contribution is -1.95. The predicted molar refractivity (Wildman–Crippen MR) is 53.1 cm³/mol. The third-order valence-electron chi connectivity index (χ3n) is 1.90. The first kappa shape index (κ1) is 7.86. The molecule has 0 aliphatic heterocycles. The normalized spacial score (nSPS) is 9.92. The van der Waals surface area contributed by atoms with Gasteiger partial charge in [0.1, 0.15) is 5.82 Å². The lowest BCUT2D eigenvalue weighted by molar-refractivity contribution is 1.01. The SMILES string of the molecule is CNc1ccnc(-n2cccc2)c1. The van der Waals surface area contributed by atoms with Crippen LogP contribution in [0.3, 0.4) is 0 Å². The van der Waals surface area contributed by atoms with Crippen molar-refractivity contribution < 1.29 is 0 Å². The molecule has 66 valence electrons. The zero-order chi connectivity index (χ0) is 9.10. The van der Waals surface area contributed by atoms with E-state index in [1.54, 1.807) is 6.20 Å². The molecule has 0 aliphatic carbocycles. The first-order valence-corrected chi connectivity index (χ1v) is 4.17. The van der Waals surface area contributed by atoms with Gasteiger partial charge in [-0.05, 0) is 18.2 Å². The van der Waals surface area contributed by atoms with Gasteiger partial charge in [-0.2, -0.15) is 0 Å². The van der Waals surface area contributed by atoms with Gasteiger partial charge in [0, 0.05) is 37.4 Å². The molecule has 0 saturated heterocycles. The minimum absolute atomic E-state index is 0.928. The molecule has 0 aromatic carbocycles. The lowest BCUT2D eigenvalue weighted by atomic mass is 10.4. The van der Waals surface area contributed by atoms with Crippen LogP contribution < -0.4 is 5.32 Å². The Bertz CT molecular complexity index is 379. The summed E-state index contributed by atoms with van der Waals surface area (Å²) in [4.78, 5) is 4.25. The fourth-order valence-corrected chi connectivity index (χ4v) is 1.20. The molecule has 0 aliphatic rings. The molecular formula is C10H11N3. The topological polar surface area (TPSA) is 29.9 Å². The molecule has 1 N–H and O–H groups in total. The molecule has 13 heavy (non-hydrogen) atoms. The molecule has 0 unspecified atom stereocenters. The third-order valence-corrected chi connectivity index (χ3v) is 1.90. The van der Waals surface area contributed by atoms with Gasteiger partial charge in [-0.15, -0.1) is 0 Å². The Morgan fingerprint density at radius 3 is 2.77 bits per heavy atom. The second kappa shape index (κ2) is 3.31. The predicted octanol–water partition coefficient (Wildman–Crippen LogP) is 1.91. The van der Waals surface area contributed by atoms with Crippen LogP contribution in [0.4, 0.5) is 5.69 Å². The van der Waals surface area contributed by atoms with Crippen molar-refractivity contribution in [3.8, 4) is 5.82 Å². The van der Waals surface area contributed by atoms with E-state index in [1.807, 2.05) is 48.3 Å². The summed E-state index contributed by atoms with van der Waals surface area (Å²) in [5, 5.41) is 3.08. The number of nitrogens with zero attached hydrogens (tertiary/aromatic N) is 2. The lowest BCUT2D eigenvalue weighted by Gasteiger charge is -2.03. The molecule has 0 saturated carbocycles. The summed E-state index contributed by atoms with van der Waals surface area (Å²) in [6, 6.07) is 7.90. The van der Waals surface area contributed by atoms with Crippen LogP contribution in [0.25, 0.3) is 5.82 Å². The summed E-state index contributed by atoms with van der Waals surface area (Å²) in [6.07, 6.45) is 5.74. The molecule has 3 nitrogen and oxygen atoms in total. The monoisotopic (exact) mass is 173 g/mol. The smallest absolute Gasteiger partial charge is 0.138 e. The first-order valence-electron chi connectivity index (χ1n) is 4.17. The molecule has 0 spiro atoms. The summed E-state index contributed by atoms with van der Waals surface area (Å²) in [7, 11) is 1.90. The molecule has 0 atom stereocenters. The van der Waals surface area contributed by atoms with Gasteiger partial charge in [0.2, 0.25) is 0 Å². The zero-order valence-corrected chi connectivity index (χ0v) is 7.44. The summed E-state index contributed by atoms with van der Waals surface area (Å²) in [5.74, 6) is 0.928. The molecule has 2 aromatic rings. The fraction of sp³-hybridized carbons (Fsp3) is 0.100. The zero-order valence-electron chi connectivity index (χ0n) is 7.44. The van der Waals surface area contributed by atoms with Crippen molar-refractivity contribution in [2.45, 2.75) is 0 Å². The van der Waals surface area contributed by atoms with E-state index in [-0.39, 0.29) is 0 Å². The van der Waals surface area contributed by atoms with Gasteiger partial charge in [-0.1, -0.05) is 0 Å². The van der Waals surface area contributed by atoms with E-state index in [0.717, 1.165) is 11.5 Å². The van der Waals surface area contributed by atoms with E-state index >= 15 is 0 Å². The van der Waals surface area contributed by atoms with Crippen LogP contribution in [0.1, 0.15) is 0 Å². The van der Waals surface area contributed by atoms with Crippen LogP contribution in [0.5, 0.6) is 0 Å². The maximum atomic E-state index is 4.25. The Hall–Kier alpha value is -1.77. The molecule has 3 heteroatoms. The molecule has 0 bridgehead atoms. The molecule has 2 aromatic heterocycles. The van der Waals surface area contributed by atoms with Gasteiger partial charge in [0.25, 0.3) is 0 Å². The second-order valence-electron chi connectivity index (χ2n) is 2.74. The second-order valence-corrected chi connectivity index (χ2v) is 2.74. The van der Waals surface area contributed by atoms with Gasteiger partial charge in [0.15, 0.2) is 0 Å². The van der Waals surface area contributed by atoms with E-state index in [1.165, 1.54) is 0 Å². The number of nitrogens with one attached hydrogen (secondary N) is 1. The molecule has 0 radical (unpaired) electrons. The highest BCUT2D eigenvalue weighted by Crippen LogP contribution is 2.10. The minimum Gasteiger partial charge on any atom is -0.388 e. The highest BCUT2D eigenvalue weighted by Gasteiger charge is 1.95. The van der Waals surface area contributed by atoms with Crippen molar-refractivity contribution in [3.63, 3.8) is 0 Å². The summed E-state index contributed by atoms with van der Waals surface area (Å²) >= 11 is 0. The van der Waals surface area contributed by atoms with E-state index in [0.29, 0.717) is 0 Å². The number of hydrogen-bond acceptors (Lipinski definition) is 2. The Labute approximate surface area is 77.0 Å². The van der Waals surface area contributed by atoms with Crippen LogP contribution in [0.15, 0.2) is 42.9 Å². The summed E-state index contributed by atoms with van der Waals surface area (Å²) in [5.41, 5.74) is 1.07. The van der Waals surface area contributed by atoms with Crippen molar-refractivity contribution >= 4 is 5.69 Å². The number of anilines is 1. The molecular weight excluding hydrogens is 162 g/mol. The maximum Gasteiger partial charge on any atom is 0.138 e. The standard InChI is InChI=1S/C10H11N3/c1-11-9-4-5-12-10(8-9)13-6-2-3-7-13/h2-8H,1H3,(H,11,12). The Balaban J connectivity index is 2.41. The number of hydrogen-bond donors (Lipinski definition) is 1. The van der Waals surface area contributed by atoms with Crippen molar-refractivity contribution in [2.24, 2.45) is 0 Å². The van der Waals surface area contributed by atoms with Crippen LogP contribution in [-0.4, -0.2) is 16.6 Å². The van der Waals surface area contributed by atoms with Gasteiger partial charge >= 0.3 is 0 Å². The van der Waals surface area contributed by atoms with E-state index in [4.69, 9.17) is 0 Å². The average Bonchev–Trinajstić information content (AvgIpc) is 2.71. The summed E-state index contributed by atoms with van der Waals surface area (Å²) < 4.78 is 1.97. The highest BCUT2D eigenvalue weighted by molar-refractivity contribution is 5.46. The summed E-state index contributed by atoms with van der Waals surface area (Å²) in [6.45, 7) is 0. The first-order chi connectivity index (χ1) is 6.40. The maximum absolute atomic E-state index is 4.25. The Morgan fingerprint density at radius 2 is 2.08 bits per heavy atom. The van der Waals surface area contributed by atoms with Crippen molar-refractivity contribution in [1.82, 2.24) is 9.55 Å². The average molecular weight is 173 g/mol. The number of pyridine rings is 1. The fourth-order valence-electron chi connectivity index (χ4n) is 1.20. The number of rotatable bonds is 2. The number of aromatic nitrogens is 2. The van der Waals surface area contributed by atoms with Gasteiger partial charge < -0.3 is 9.88 Å². The van der Waals surface area contributed by atoms with Crippen LogP contribution in [-0.2, 0) is 0 Å². The van der Waals surface area contributed by atoms with E-state index in [9.17, 15) is 0 Å². The Morgan fingerprint density at radius 1 is 1.31 bits per heavy atom. The molecule has 0 amide bonds. The van der Waals surface area contributed by atoms with Gasteiger partial charge in [-0.3, -0.25) is 0 Å². The molecule has 0 fully saturated rings. The van der Waals surface area contributed by atoms with Crippen molar-refractivity contribution in [1.29, 1.82) is 0 Å². The Kier molecular flexibility index (Phi) is 2.00. The van der Waals surface area contributed by atoms with Crippen LogP contribution in [0.2, 0.25) is 0 Å². The van der Waals surface area contributed by atoms with Crippen LogP contribution >= 0.6 is 0 Å². The van der Waals surface area contributed by atoms with Crippen molar-refractivity contribution in [2.75, 3.05) is 12.4 Å². The van der Waals surface area contributed by atoms with Gasteiger partial charge in [-0.25, -0.2) is 4.98 Å². The van der Waals surface area contributed by atoms with Gasteiger partial charge in [0.05, 0.1) is 0 Å².